The average molecular weight is 313 g/mol. The molecule has 0 unspecified atom stereocenters. The lowest BCUT2D eigenvalue weighted by molar-refractivity contribution is 0.477. The molecule has 0 spiro atoms. The van der Waals surface area contributed by atoms with Crippen LogP contribution in [0.5, 0.6) is 5.75 Å². The van der Waals surface area contributed by atoms with Crippen molar-refractivity contribution < 1.29 is 5.11 Å². The van der Waals surface area contributed by atoms with E-state index in [2.05, 4.69) is 42.1 Å². The van der Waals surface area contributed by atoms with Gasteiger partial charge in [0.25, 0.3) is 0 Å². The molecule has 3 aromatic rings. The van der Waals surface area contributed by atoms with E-state index in [0.29, 0.717) is 5.69 Å². The predicted molar refractivity (Wildman–Crippen MR) is 92.3 cm³/mol. The monoisotopic (exact) mass is 313 g/mol. The van der Waals surface area contributed by atoms with Gasteiger partial charge in [-0.1, -0.05) is 32.9 Å². The first-order chi connectivity index (χ1) is 10.6. The van der Waals surface area contributed by atoms with Crippen LogP contribution in [0.15, 0.2) is 30.3 Å². The number of aromatic nitrogens is 2. The zero-order chi connectivity index (χ0) is 15.7. The van der Waals surface area contributed by atoms with E-state index >= 15 is 0 Å². The number of rotatable bonds is 4. The summed E-state index contributed by atoms with van der Waals surface area (Å²) < 4.78 is 0. The highest BCUT2D eigenvalue weighted by Crippen LogP contribution is 2.34. The second kappa shape index (κ2) is 5.93. The van der Waals surface area contributed by atoms with Gasteiger partial charge in [-0.05, 0) is 24.6 Å². The second-order valence-corrected chi connectivity index (χ2v) is 6.63. The van der Waals surface area contributed by atoms with Gasteiger partial charge in [0, 0.05) is 10.8 Å². The van der Waals surface area contributed by atoms with Crippen molar-refractivity contribution in [2.24, 2.45) is 0 Å². The molecule has 0 aliphatic carbocycles. The largest absolute Gasteiger partial charge is 0.506 e. The maximum absolute atomic E-state index is 9.97. The number of hydrogen-bond donors (Lipinski definition) is 2. The molecule has 22 heavy (non-hydrogen) atoms. The van der Waals surface area contributed by atoms with E-state index in [1.54, 1.807) is 23.5 Å². The number of thiophene rings is 1. The molecule has 3 rings (SSSR count). The van der Waals surface area contributed by atoms with Gasteiger partial charge in [0.1, 0.15) is 22.2 Å². The molecular weight excluding hydrogens is 294 g/mol. The fraction of sp³-hybridized carbons (Fsp3) is 0.294. The quantitative estimate of drug-likeness (QED) is 0.678. The van der Waals surface area contributed by atoms with Crippen molar-refractivity contribution in [3.8, 4) is 5.75 Å². The van der Waals surface area contributed by atoms with E-state index in [9.17, 15) is 5.11 Å². The van der Waals surface area contributed by atoms with Gasteiger partial charge >= 0.3 is 0 Å². The topological polar surface area (TPSA) is 58.0 Å². The zero-order valence-corrected chi connectivity index (χ0v) is 13.7. The van der Waals surface area contributed by atoms with Crippen LogP contribution >= 0.6 is 11.3 Å². The third kappa shape index (κ3) is 2.76. The molecule has 0 radical (unpaired) electrons. The van der Waals surface area contributed by atoms with Crippen LogP contribution < -0.4 is 5.32 Å². The number of hydrogen-bond acceptors (Lipinski definition) is 5. The minimum Gasteiger partial charge on any atom is -0.506 e. The number of aryl methyl sites for hydroxylation is 1. The van der Waals surface area contributed by atoms with Gasteiger partial charge in [-0.25, -0.2) is 9.97 Å². The molecule has 0 saturated carbocycles. The van der Waals surface area contributed by atoms with Gasteiger partial charge in [-0.15, -0.1) is 11.3 Å². The van der Waals surface area contributed by atoms with E-state index < -0.39 is 0 Å². The third-order valence-corrected chi connectivity index (χ3v) is 4.66. The molecule has 0 amide bonds. The van der Waals surface area contributed by atoms with E-state index in [0.717, 1.165) is 28.3 Å². The Morgan fingerprint density at radius 3 is 2.68 bits per heavy atom. The van der Waals surface area contributed by atoms with Crippen LogP contribution in [0.1, 0.15) is 37.4 Å². The Morgan fingerprint density at radius 2 is 2.00 bits per heavy atom. The lowest BCUT2D eigenvalue weighted by atomic mass is 10.2. The smallest absolute Gasteiger partial charge is 0.143 e. The predicted octanol–water partition coefficient (Wildman–Crippen LogP) is 4.83. The molecule has 2 heterocycles. The van der Waals surface area contributed by atoms with E-state index in [1.165, 1.54) is 4.88 Å². The molecule has 0 aliphatic rings. The van der Waals surface area contributed by atoms with Gasteiger partial charge in [-0.3, -0.25) is 0 Å². The number of phenolic OH excluding ortho intramolecular Hbond substituents is 1. The number of benzene rings is 1. The van der Waals surface area contributed by atoms with Gasteiger partial charge in [0.05, 0.1) is 11.1 Å². The Hall–Kier alpha value is -2.14. The summed E-state index contributed by atoms with van der Waals surface area (Å²) in [6, 6.07) is 9.32. The molecule has 0 atom stereocenters. The third-order valence-electron chi connectivity index (χ3n) is 3.48. The van der Waals surface area contributed by atoms with E-state index in [-0.39, 0.29) is 11.7 Å². The van der Waals surface area contributed by atoms with Crippen molar-refractivity contribution in [3.05, 3.63) is 41.0 Å². The molecule has 2 aromatic heterocycles. The van der Waals surface area contributed by atoms with Crippen LogP contribution in [0.4, 0.5) is 11.5 Å². The Kier molecular flexibility index (Phi) is 3.98. The lowest BCUT2D eigenvalue weighted by Crippen LogP contribution is -2.02. The lowest BCUT2D eigenvalue weighted by Gasteiger charge is -2.11. The van der Waals surface area contributed by atoms with Crippen molar-refractivity contribution >= 4 is 33.1 Å². The normalized spacial score (nSPS) is 11.3. The molecule has 5 heteroatoms. The number of fused-ring (bicyclic) bond motifs is 1. The van der Waals surface area contributed by atoms with Gasteiger partial charge in [-0.2, -0.15) is 0 Å². The first-order valence-electron chi connectivity index (χ1n) is 7.44. The molecule has 0 fully saturated rings. The number of phenols is 1. The van der Waals surface area contributed by atoms with Crippen LogP contribution in [-0.4, -0.2) is 15.1 Å². The van der Waals surface area contributed by atoms with E-state index in [4.69, 9.17) is 0 Å². The summed E-state index contributed by atoms with van der Waals surface area (Å²) in [5, 5.41) is 14.2. The fourth-order valence-corrected chi connectivity index (χ4v) is 3.20. The number of nitrogens with one attached hydrogen (secondary N) is 1. The number of para-hydroxylation sites is 2. The Labute approximate surface area is 133 Å². The minimum atomic E-state index is 0.214. The minimum absolute atomic E-state index is 0.214. The second-order valence-electron chi connectivity index (χ2n) is 5.51. The summed E-state index contributed by atoms with van der Waals surface area (Å²) in [5.41, 5.74) is 0.654. The highest BCUT2D eigenvalue weighted by atomic mass is 32.1. The van der Waals surface area contributed by atoms with Crippen molar-refractivity contribution in [2.45, 2.75) is 33.1 Å². The van der Waals surface area contributed by atoms with Crippen molar-refractivity contribution in [1.82, 2.24) is 9.97 Å². The van der Waals surface area contributed by atoms with Crippen molar-refractivity contribution in [2.75, 3.05) is 5.32 Å². The van der Waals surface area contributed by atoms with Crippen molar-refractivity contribution in [3.63, 3.8) is 0 Å². The summed E-state index contributed by atoms with van der Waals surface area (Å²) in [5.74, 6) is 2.04. The zero-order valence-electron chi connectivity index (χ0n) is 12.9. The van der Waals surface area contributed by atoms with Crippen molar-refractivity contribution in [1.29, 1.82) is 0 Å². The van der Waals surface area contributed by atoms with Crippen LogP contribution in [0, 0.1) is 0 Å². The molecule has 0 saturated heterocycles. The summed E-state index contributed by atoms with van der Waals surface area (Å²) in [6.07, 6.45) is 0.980. The number of aromatic hydroxyl groups is 1. The van der Waals surface area contributed by atoms with Crippen LogP contribution in [-0.2, 0) is 6.42 Å². The highest BCUT2D eigenvalue weighted by Gasteiger charge is 2.14. The Balaban J connectivity index is 2.13. The standard InChI is InChI=1S/C17H19N3OS/c1-4-11-9-12-16(18-13-7-5-6-8-14(13)21)19-15(10(2)3)20-17(12)22-11/h5-10,21H,4H2,1-3H3,(H,18,19,20). The molecule has 1 aromatic carbocycles. The van der Waals surface area contributed by atoms with E-state index in [1.807, 2.05) is 12.1 Å². The maximum atomic E-state index is 9.97. The van der Waals surface area contributed by atoms with Gasteiger partial charge in [0.15, 0.2) is 0 Å². The van der Waals surface area contributed by atoms with Crippen LogP contribution in [0.2, 0.25) is 0 Å². The fourth-order valence-electron chi connectivity index (χ4n) is 2.22. The summed E-state index contributed by atoms with van der Waals surface area (Å²) in [6.45, 7) is 6.30. The first-order valence-corrected chi connectivity index (χ1v) is 8.25. The van der Waals surface area contributed by atoms with Gasteiger partial charge < -0.3 is 10.4 Å². The highest BCUT2D eigenvalue weighted by molar-refractivity contribution is 7.18. The molecule has 0 aliphatic heterocycles. The summed E-state index contributed by atoms with van der Waals surface area (Å²) >= 11 is 1.70. The number of nitrogens with zero attached hydrogens (tertiary/aromatic N) is 2. The number of anilines is 2. The average Bonchev–Trinajstić information content (AvgIpc) is 2.92. The van der Waals surface area contributed by atoms with Crippen LogP contribution in [0.3, 0.4) is 0 Å². The maximum Gasteiger partial charge on any atom is 0.143 e. The Morgan fingerprint density at radius 1 is 1.23 bits per heavy atom. The molecular formula is C17H19N3OS. The molecule has 114 valence electrons. The SMILES string of the molecule is CCc1cc2c(Nc3ccccc3O)nc(C(C)C)nc2s1. The van der Waals surface area contributed by atoms with Gasteiger partial charge in [0.2, 0.25) is 0 Å². The van der Waals surface area contributed by atoms with Crippen LogP contribution in [0.25, 0.3) is 10.2 Å². The Bertz CT molecular complexity index is 811. The molecule has 0 bridgehead atoms. The summed E-state index contributed by atoms with van der Waals surface area (Å²) in [7, 11) is 0. The summed E-state index contributed by atoms with van der Waals surface area (Å²) in [4.78, 5) is 11.6. The molecule has 4 nitrogen and oxygen atoms in total. The molecule has 2 N–H and O–H groups in total. The first kappa shape index (κ1) is 14.8.